The summed E-state index contributed by atoms with van der Waals surface area (Å²) in [5, 5.41) is 0. The van der Waals surface area contributed by atoms with E-state index in [0.717, 1.165) is 39.0 Å². The zero-order chi connectivity index (χ0) is 12.7. The molecule has 0 saturated carbocycles. The highest BCUT2D eigenvalue weighted by molar-refractivity contribution is 5.76. The minimum atomic E-state index is -0.0610. The molecule has 1 amide bonds. The number of carbonyl (C=O) groups excluding carboxylic acids is 1. The van der Waals surface area contributed by atoms with Gasteiger partial charge in [-0.25, -0.2) is 0 Å². The highest BCUT2D eigenvalue weighted by atomic mass is 16.5. The zero-order valence-electron chi connectivity index (χ0n) is 11.2. The molecule has 0 spiro atoms. The molecule has 2 unspecified atom stereocenters. The molecule has 0 aromatic heterocycles. The number of ether oxygens (including phenoxy) is 1. The predicted octanol–water partition coefficient (Wildman–Crippen LogP) is 1.53. The van der Waals surface area contributed by atoms with E-state index in [1.165, 1.54) is 6.42 Å². The van der Waals surface area contributed by atoms with Gasteiger partial charge in [-0.2, -0.15) is 0 Å². The molecule has 0 radical (unpaired) electrons. The number of rotatable bonds is 6. The van der Waals surface area contributed by atoms with Crippen molar-refractivity contribution < 1.29 is 9.53 Å². The van der Waals surface area contributed by atoms with Crippen molar-refractivity contribution in [2.45, 2.75) is 58.1 Å². The van der Waals surface area contributed by atoms with Gasteiger partial charge in [-0.15, -0.1) is 0 Å². The van der Waals surface area contributed by atoms with Gasteiger partial charge in [0, 0.05) is 32.2 Å². The third-order valence-electron chi connectivity index (χ3n) is 3.04. The molecule has 1 heterocycles. The van der Waals surface area contributed by atoms with Crippen molar-refractivity contribution in [3.05, 3.63) is 0 Å². The largest absolute Gasteiger partial charge is 0.376 e. The van der Waals surface area contributed by atoms with Crippen molar-refractivity contribution in [1.82, 2.24) is 4.90 Å². The average molecular weight is 242 g/mol. The minimum Gasteiger partial charge on any atom is -0.376 e. The fourth-order valence-electron chi connectivity index (χ4n) is 2.19. The Morgan fingerprint density at radius 3 is 2.82 bits per heavy atom. The van der Waals surface area contributed by atoms with Crippen LogP contribution in [-0.2, 0) is 9.53 Å². The van der Waals surface area contributed by atoms with Crippen LogP contribution in [0.15, 0.2) is 0 Å². The first kappa shape index (κ1) is 14.5. The lowest BCUT2D eigenvalue weighted by Gasteiger charge is -2.30. The lowest BCUT2D eigenvalue weighted by molar-refractivity contribution is -0.134. The van der Waals surface area contributed by atoms with E-state index >= 15 is 0 Å². The second-order valence-electron chi connectivity index (χ2n) is 5.01. The van der Waals surface area contributed by atoms with Crippen LogP contribution in [0.2, 0.25) is 0 Å². The Morgan fingerprint density at radius 1 is 1.53 bits per heavy atom. The minimum absolute atomic E-state index is 0.0610. The molecule has 4 heteroatoms. The maximum atomic E-state index is 12.0. The van der Waals surface area contributed by atoms with Gasteiger partial charge in [0.05, 0.1) is 6.10 Å². The summed E-state index contributed by atoms with van der Waals surface area (Å²) in [7, 11) is 0. The van der Waals surface area contributed by atoms with Gasteiger partial charge in [0.15, 0.2) is 0 Å². The Kier molecular flexibility index (Phi) is 6.52. The number of hydrogen-bond acceptors (Lipinski definition) is 3. The molecule has 100 valence electrons. The van der Waals surface area contributed by atoms with Crippen LogP contribution in [0.1, 0.15) is 46.0 Å². The van der Waals surface area contributed by atoms with Crippen LogP contribution in [0.4, 0.5) is 0 Å². The molecule has 2 N–H and O–H groups in total. The van der Waals surface area contributed by atoms with Crippen LogP contribution in [0, 0.1) is 0 Å². The predicted molar refractivity (Wildman–Crippen MR) is 68.7 cm³/mol. The van der Waals surface area contributed by atoms with Gasteiger partial charge in [-0.05, 0) is 32.6 Å². The first-order valence-corrected chi connectivity index (χ1v) is 6.78. The van der Waals surface area contributed by atoms with Crippen molar-refractivity contribution in [1.29, 1.82) is 0 Å². The number of amides is 1. The molecule has 0 bridgehead atoms. The summed E-state index contributed by atoms with van der Waals surface area (Å²) in [6, 6.07) is -0.0610. The molecule has 1 rings (SSSR count). The van der Waals surface area contributed by atoms with E-state index in [2.05, 4.69) is 6.92 Å². The highest BCUT2D eigenvalue weighted by Gasteiger charge is 2.21. The summed E-state index contributed by atoms with van der Waals surface area (Å²) in [6.07, 6.45) is 5.09. The van der Waals surface area contributed by atoms with Crippen molar-refractivity contribution in [2.75, 3.05) is 19.7 Å². The second kappa shape index (κ2) is 7.67. The van der Waals surface area contributed by atoms with Crippen LogP contribution < -0.4 is 5.73 Å². The van der Waals surface area contributed by atoms with E-state index in [-0.39, 0.29) is 18.1 Å². The van der Waals surface area contributed by atoms with E-state index in [9.17, 15) is 4.79 Å². The third kappa shape index (κ3) is 5.50. The van der Waals surface area contributed by atoms with Gasteiger partial charge in [-0.1, -0.05) is 6.92 Å². The molecular weight excluding hydrogens is 216 g/mol. The monoisotopic (exact) mass is 242 g/mol. The van der Waals surface area contributed by atoms with Crippen molar-refractivity contribution >= 4 is 5.91 Å². The number of hydrogen-bond donors (Lipinski definition) is 1. The van der Waals surface area contributed by atoms with Crippen LogP contribution in [0.3, 0.4) is 0 Å². The van der Waals surface area contributed by atoms with E-state index < -0.39 is 0 Å². The molecule has 1 fully saturated rings. The van der Waals surface area contributed by atoms with Gasteiger partial charge in [-0.3, -0.25) is 4.79 Å². The normalized spacial score (nSPS) is 22.2. The third-order valence-corrected chi connectivity index (χ3v) is 3.04. The van der Waals surface area contributed by atoms with Crippen molar-refractivity contribution in [3.8, 4) is 0 Å². The van der Waals surface area contributed by atoms with Gasteiger partial charge in [0.25, 0.3) is 0 Å². The Labute approximate surface area is 104 Å². The van der Waals surface area contributed by atoms with E-state index in [1.54, 1.807) is 0 Å². The average Bonchev–Trinajstić information content (AvgIpc) is 2.29. The number of nitrogens with zero attached hydrogens (tertiary/aromatic N) is 1. The van der Waals surface area contributed by atoms with Crippen LogP contribution in [0.5, 0.6) is 0 Å². The molecular formula is C13H26N2O2. The summed E-state index contributed by atoms with van der Waals surface area (Å²) < 4.78 is 5.68. The quantitative estimate of drug-likeness (QED) is 0.768. The number of carbonyl (C=O) groups is 1. The molecule has 0 aliphatic carbocycles. The molecule has 17 heavy (non-hydrogen) atoms. The van der Waals surface area contributed by atoms with Crippen LogP contribution >= 0.6 is 0 Å². The fraction of sp³-hybridized carbons (Fsp3) is 0.923. The molecule has 0 aromatic rings. The lowest BCUT2D eigenvalue weighted by Crippen LogP contribution is -2.41. The highest BCUT2D eigenvalue weighted by Crippen LogP contribution is 2.14. The van der Waals surface area contributed by atoms with E-state index in [0.29, 0.717) is 6.42 Å². The van der Waals surface area contributed by atoms with Gasteiger partial charge >= 0.3 is 0 Å². The molecule has 1 aliphatic rings. The Hall–Kier alpha value is -0.610. The molecule has 2 atom stereocenters. The first-order chi connectivity index (χ1) is 8.13. The summed E-state index contributed by atoms with van der Waals surface area (Å²) in [5.74, 6) is 0.163. The van der Waals surface area contributed by atoms with E-state index in [1.807, 2.05) is 11.8 Å². The first-order valence-electron chi connectivity index (χ1n) is 6.78. The second-order valence-corrected chi connectivity index (χ2v) is 5.01. The maximum Gasteiger partial charge on any atom is 0.224 e. The summed E-state index contributed by atoms with van der Waals surface area (Å²) >= 11 is 0. The standard InChI is InChI=1S/C13H26N2O2/c1-3-7-15(13(16)9-11(2)14)10-12-6-4-5-8-17-12/h11-12H,3-10,14H2,1-2H3. The van der Waals surface area contributed by atoms with Crippen LogP contribution in [-0.4, -0.2) is 42.6 Å². The smallest absolute Gasteiger partial charge is 0.224 e. The van der Waals surface area contributed by atoms with Gasteiger partial charge < -0.3 is 15.4 Å². The Balaban J connectivity index is 2.43. The number of nitrogens with two attached hydrogens (primary N) is 1. The van der Waals surface area contributed by atoms with Gasteiger partial charge in [0.2, 0.25) is 5.91 Å². The summed E-state index contributed by atoms with van der Waals surface area (Å²) in [4.78, 5) is 13.9. The maximum absolute atomic E-state index is 12.0. The molecule has 1 aliphatic heterocycles. The van der Waals surface area contributed by atoms with Crippen molar-refractivity contribution in [3.63, 3.8) is 0 Å². The Bertz CT molecular complexity index is 225. The molecule has 4 nitrogen and oxygen atoms in total. The van der Waals surface area contributed by atoms with E-state index in [4.69, 9.17) is 10.5 Å². The lowest BCUT2D eigenvalue weighted by atomic mass is 10.1. The SMILES string of the molecule is CCCN(CC1CCCCO1)C(=O)CC(C)N. The van der Waals surface area contributed by atoms with Crippen molar-refractivity contribution in [2.24, 2.45) is 5.73 Å². The van der Waals surface area contributed by atoms with Gasteiger partial charge in [0.1, 0.15) is 0 Å². The van der Waals surface area contributed by atoms with Crippen LogP contribution in [0.25, 0.3) is 0 Å². The summed E-state index contributed by atoms with van der Waals surface area (Å²) in [6.45, 7) is 6.35. The fourth-order valence-corrected chi connectivity index (χ4v) is 2.19. The zero-order valence-corrected chi connectivity index (χ0v) is 11.2. The molecule has 0 aromatic carbocycles. The topological polar surface area (TPSA) is 55.6 Å². The Morgan fingerprint density at radius 2 is 2.29 bits per heavy atom. The molecule has 1 saturated heterocycles. The summed E-state index contributed by atoms with van der Waals surface area (Å²) in [5.41, 5.74) is 5.68.